The number of aryl methyl sites for hydroxylation is 1. The zero-order valence-electron chi connectivity index (χ0n) is 8.52. The van der Waals surface area contributed by atoms with Crippen molar-refractivity contribution in [3.63, 3.8) is 0 Å². The van der Waals surface area contributed by atoms with Crippen molar-refractivity contribution in [1.29, 1.82) is 0 Å². The average molecular weight is 176 g/mol. The predicted molar refractivity (Wildman–Crippen MR) is 53.6 cm³/mol. The molecular formula is C11H16N2. The summed E-state index contributed by atoms with van der Waals surface area (Å²) in [6.07, 6.45) is 0. The fourth-order valence-electron chi connectivity index (χ4n) is 1.93. The molecule has 0 radical (unpaired) electrons. The van der Waals surface area contributed by atoms with Gasteiger partial charge >= 0.3 is 0 Å². The number of hydrogen-bond acceptors (Lipinski definition) is 2. The van der Waals surface area contributed by atoms with Crippen molar-refractivity contribution in [1.82, 2.24) is 10.3 Å². The van der Waals surface area contributed by atoms with Gasteiger partial charge in [0.05, 0.1) is 5.69 Å². The van der Waals surface area contributed by atoms with Crippen LogP contribution in [-0.2, 0) is 13.1 Å². The monoisotopic (exact) mass is 176 g/mol. The largest absolute Gasteiger partial charge is 0.307 e. The van der Waals surface area contributed by atoms with E-state index in [1.165, 1.54) is 22.5 Å². The second-order valence-corrected chi connectivity index (χ2v) is 4.05. The molecule has 2 heterocycles. The fourth-order valence-corrected chi connectivity index (χ4v) is 1.93. The number of fused-ring (bicyclic) bond motifs is 1. The Hall–Kier alpha value is -0.890. The lowest BCUT2D eigenvalue weighted by Gasteiger charge is -2.10. The van der Waals surface area contributed by atoms with E-state index in [0.717, 1.165) is 13.1 Å². The Bertz CT molecular complexity index is 329. The molecule has 1 aromatic heterocycles. The average Bonchev–Trinajstić information content (AvgIpc) is 2.48. The molecule has 0 saturated carbocycles. The van der Waals surface area contributed by atoms with Gasteiger partial charge in [0, 0.05) is 18.8 Å². The summed E-state index contributed by atoms with van der Waals surface area (Å²) < 4.78 is 0. The van der Waals surface area contributed by atoms with E-state index in [1.54, 1.807) is 0 Å². The zero-order valence-corrected chi connectivity index (χ0v) is 8.52. The highest BCUT2D eigenvalue weighted by molar-refractivity contribution is 5.33. The molecule has 70 valence electrons. The summed E-state index contributed by atoms with van der Waals surface area (Å²) in [6, 6.07) is 2.28. The molecule has 1 aromatic rings. The van der Waals surface area contributed by atoms with Crippen molar-refractivity contribution < 1.29 is 0 Å². The van der Waals surface area contributed by atoms with Gasteiger partial charge in [-0.2, -0.15) is 0 Å². The molecule has 13 heavy (non-hydrogen) atoms. The lowest BCUT2D eigenvalue weighted by molar-refractivity contribution is 0.749. The van der Waals surface area contributed by atoms with Crippen LogP contribution in [0.1, 0.15) is 42.3 Å². The SMILES string of the molecule is Cc1cc2c(nc1C(C)C)CNC2. The Kier molecular flexibility index (Phi) is 2.08. The number of nitrogens with one attached hydrogen (secondary N) is 1. The molecule has 0 amide bonds. The maximum absolute atomic E-state index is 4.69. The van der Waals surface area contributed by atoms with Crippen LogP contribution in [0.2, 0.25) is 0 Å². The number of nitrogens with zero attached hydrogens (tertiary/aromatic N) is 1. The van der Waals surface area contributed by atoms with Crippen molar-refractivity contribution >= 4 is 0 Å². The fraction of sp³-hybridized carbons (Fsp3) is 0.545. The van der Waals surface area contributed by atoms with Gasteiger partial charge in [-0.1, -0.05) is 19.9 Å². The first-order chi connectivity index (χ1) is 6.18. The third-order valence-electron chi connectivity index (χ3n) is 2.58. The van der Waals surface area contributed by atoms with Crippen molar-refractivity contribution in [2.75, 3.05) is 0 Å². The van der Waals surface area contributed by atoms with Crippen LogP contribution in [-0.4, -0.2) is 4.98 Å². The second kappa shape index (κ2) is 3.11. The standard InChI is InChI=1S/C11H16N2/c1-7(2)11-8(3)4-9-5-12-6-10(9)13-11/h4,7,12H,5-6H2,1-3H3. The summed E-state index contributed by atoms with van der Waals surface area (Å²) in [7, 11) is 0. The number of pyridine rings is 1. The molecule has 0 atom stereocenters. The Labute approximate surface area is 79.4 Å². The second-order valence-electron chi connectivity index (χ2n) is 4.05. The minimum atomic E-state index is 0.533. The summed E-state index contributed by atoms with van der Waals surface area (Å²) in [5.41, 5.74) is 5.20. The van der Waals surface area contributed by atoms with Crippen LogP contribution < -0.4 is 5.32 Å². The molecule has 0 aromatic carbocycles. The van der Waals surface area contributed by atoms with Crippen molar-refractivity contribution in [2.45, 2.75) is 39.8 Å². The van der Waals surface area contributed by atoms with Gasteiger partial charge in [0.1, 0.15) is 0 Å². The third kappa shape index (κ3) is 1.46. The van der Waals surface area contributed by atoms with Gasteiger partial charge in [-0.05, 0) is 24.0 Å². The molecule has 1 N–H and O–H groups in total. The van der Waals surface area contributed by atoms with E-state index in [0.29, 0.717) is 5.92 Å². The first-order valence-electron chi connectivity index (χ1n) is 4.88. The van der Waals surface area contributed by atoms with Gasteiger partial charge in [-0.15, -0.1) is 0 Å². The zero-order chi connectivity index (χ0) is 9.42. The number of rotatable bonds is 1. The lowest BCUT2D eigenvalue weighted by Crippen LogP contribution is -2.02. The Morgan fingerprint density at radius 2 is 2.15 bits per heavy atom. The molecule has 2 heteroatoms. The van der Waals surface area contributed by atoms with Crippen LogP contribution in [0, 0.1) is 6.92 Å². The molecule has 1 aliphatic rings. The van der Waals surface area contributed by atoms with Crippen LogP contribution >= 0.6 is 0 Å². The molecular weight excluding hydrogens is 160 g/mol. The van der Waals surface area contributed by atoms with Gasteiger partial charge in [0.15, 0.2) is 0 Å². The number of hydrogen-bond donors (Lipinski definition) is 1. The maximum Gasteiger partial charge on any atom is 0.0590 e. The Morgan fingerprint density at radius 1 is 1.38 bits per heavy atom. The molecule has 0 bridgehead atoms. The highest BCUT2D eigenvalue weighted by Gasteiger charge is 2.15. The van der Waals surface area contributed by atoms with Gasteiger partial charge in [-0.25, -0.2) is 0 Å². The van der Waals surface area contributed by atoms with E-state index in [-0.39, 0.29) is 0 Å². The first-order valence-corrected chi connectivity index (χ1v) is 4.88. The highest BCUT2D eigenvalue weighted by atomic mass is 14.9. The molecule has 2 nitrogen and oxygen atoms in total. The number of aromatic nitrogens is 1. The highest BCUT2D eigenvalue weighted by Crippen LogP contribution is 2.22. The van der Waals surface area contributed by atoms with Gasteiger partial charge in [-0.3, -0.25) is 4.98 Å². The van der Waals surface area contributed by atoms with Crippen LogP contribution in [0.3, 0.4) is 0 Å². The molecule has 2 rings (SSSR count). The molecule has 0 spiro atoms. The molecule has 0 saturated heterocycles. The summed E-state index contributed by atoms with van der Waals surface area (Å²) in [4.78, 5) is 4.69. The van der Waals surface area contributed by atoms with E-state index in [2.05, 4.69) is 37.1 Å². The maximum atomic E-state index is 4.69. The molecule has 0 fully saturated rings. The third-order valence-corrected chi connectivity index (χ3v) is 2.58. The van der Waals surface area contributed by atoms with E-state index in [9.17, 15) is 0 Å². The summed E-state index contributed by atoms with van der Waals surface area (Å²) in [5.74, 6) is 0.533. The molecule has 1 aliphatic heterocycles. The van der Waals surface area contributed by atoms with Crippen LogP contribution in [0.15, 0.2) is 6.07 Å². The van der Waals surface area contributed by atoms with Gasteiger partial charge in [0.2, 0.25) is 0 Å². The molecule has 0 aliphatic carbocycles. The normalized spacial score (nSPS) is 15.1. The van der Waals surface area contributed by atoms with Crippen LogP contribution in [0.5, 0.6) is 0 Å². The molecule has 0 unspecified atom stereocenters. The topological polar surface area (TPSA) is 24.9 Å². The summed E-state index contributed by atoms with van der Waals surface area (Å²) in [6.45, 7) is 8.48. The summed E-state index contributed by atoms with van der Waals surface area (Å²) in [5, 5.41) is 3.32. The minimum Gasteiger partial charge on any atom is -0.307 e. The summed E-state index contributed by atoms with van der Waals surface area (Å²) >= 11 is 0. The lowest BCUT2D eigenvalue weighted by atomic mass is 10.0. The van der Waals surface area contributed by atoms with Gasteiger partial charge < -0.3 is 5.32 Å². The Balaban J connectivity index is 2.49. The van der Waals surface area contributed by atoms with Crippen LogP contribution in [0.25, 0.3) is 0 Å². The minimum absolute atomic E-state index is 0.533. The van der Waals surface area contributed by atoms with E-state index < -0.39 is 0 Å². The van der Waals surface area contributed by atoms with Crippen LogP contribution in [0.4, 0.5) is 0 Å². The smallest absolute Gasteiger partial charge is 0.0590 e. The van der Waals surface area contributed by atoms with Crippen molar-refractivity contribution in [2.24, 2.45) is 0 Å². The van der Waals surface area contributed by atoms with E-state index >= 15 is 0 Å². The van der Waals surface area contributed by atoms with E-state index in [1.807, 2.05) is 0 Å². The van der Waals surface area contributed by atoms with Gasteiger partial charge in [0.25, 0.3) is 0 Å². The van der Waals surface area contributed by atoms with E-state index in [4.69, 9.17) is 0 Å². The van der Waals surface area contributed by atoms with Crippen molar-refractivity contribution in [3.05, 3.63) is 28.6 Å². The quantitative estimate of drug-likeness (QED) is 0.709. The van der Waals surface area contributed by atoms with Crippen molar-refractivity contribution in [3.8, 4) is 0 Å². The first kappa shape index (κ1) is 8.70. The predicted octanol–water partition coefficient (Wildman–Crippen LogP) is 2.12. The Morgan fingerprint density at radius 3 is 2.85 bits per heavy atom.